The molecule has 2 aromatic rings. The molecular formula is C22H36IN5O. The van der Waals surface area contributed by atoms with E-state index >= 15 is 0 Å². The molecule has 0 aliphatic rings. The van der Waals surface area contributed by atoms with E-state index in [0.717, 1.165) is 48.9 Å². The van der Waals surface area contributed by atoms with Crippen LogP contribution in [-0.4, -0.2) is 42.0 Å². The van der Waals surface area contributed by atoms with Crippen molar-refractivity contribution in [2.24, 2.45) is 12.0 Å². The Hall–Kier alpha value is -1.77. The molecule has 0 saturated heterocycles. The average Bonchev–Trinajstić information content (AvgIpc) is 2.89. The van der Waals surface area contributed by atoms with Gasteiger partial charge in [-0.25, -0.2) is 0 Å². The summed E-state index contributed by atoms with van der Waals surface area (Å²) in [5.41, 5.74) is 6.02. The largest absolute Gasteiger partial charge is 0.496 e. The van der Waals surface area contributed by atoms with E-state index in [4.69, 9.17) is 9.73 Å². The van der Waals surface area contributed by atoms with Gasteiger partial charge in [0.15, 0.2) is 5.96 Å². The number of ether oxygens (including phenoxy) is 1. The van der Waals surface area contributed by atoms with E-state index in [1.165, 1.54) is 16.8 Å². The van der Waals surface area contributed by atoms with Gasteiger partial charge in [-0.05, 0) is 70.2 Å². The summed E-state index contributed by atoms with van der Waals surface area (Å²) in [4.78, 5) is 4.75. The van der Waals surface area contributed by atoms with Gasteiger partial charge in [-0.15, -0.1) is 24.0 Å². The van der Waals surface area contributed by atoms with E-state index in [2.05, 4.69) is 68.6 Å². The lowest BCUT2D eigenvalue weighted by molar-refractivity contribution is 0.411. The van der Waals surface area contributed by atoms with Gasteiger partial charge in [0.05, 0.1) is 12.8 Å². The van der Waals surface area contributed by atoms with E-state index in [9.17, 15) is 0 Å². The van der Waals surface area contributed by atoms with E-state index in [1.54, 1.807) is 7.11 Å². The van der Waals surface area contributed by atoms with Crippen LogP contribution in [0.5, 0.6) is 5.75 Å². The molecule has 0 saturated carbocycles. The molecule has 1 aromatic carbocycles. The maximum Gasteiger partial charge on any atom is 0.191 e. The van der Waals surface area contributed by atoms with Crippen molar-refractivity contribution in [3.63, 3.8) is 0 Å². The molecule has 2 N–H and O–H groups in total. The lowest BCUT2D eigenvalue weighted by Gasteiger charge is -2.18. The number of guanidine groups is 1. The number of halogens is 1. The third-order valence-electron chi connectivity index (χ3n) is 5.04. The number of nitrogens with zero attached hydrogens (tertiary/aromatic N) is 3. The van der Waals surface area contributed by atoms with Crippen LogP contribution in [0, 0.1) is 20.8 Å². The summed E-state index contributed by atoms with van der Waals surface area (Å²) in [6, 6.07) is 6.60. The SMILES string of the molecule is CCNC(=NCCc1ccc(C)c(OC)c1)NC(C)Cc1c(C)nn(C)c1C.I. The highest BCUT2D eigenvalue weighted by molar-refractivity contribution is 14.0. The Morgan fingerprint density at radius 3 is 2.59 bits per heavy atom. The minimum Gasteiger partial charge on any atom is -0.496 e. The molecule has 1 aromatic heterocycles. The predicted molar refractivity (Wildman–Crippen MR) is 132 cm³/mol. The van der Waals surface area contributed by atoms with Crippen LogP contribution in [0.25, 0.3) is 0 Å². The van der Waals surface area contributed by atoms with E-state index < -0.39 is 0 Å². The fraction of sp³-hybridized carbons (Fsp3) is 0.545. The van der Waals surface area contributed by atoms with Crippen LogP contribution in [0.4, 0.5) is 0 Å². The highest BCUT2D eigenvalue weighted by atomic mass is 127. The van der Waals surface area contributed by atoms with Crippen LogP contribution in [0.3, 0.4) is 0 Å². The zero-order chi connectivity index (χ0) is 20.7. The van der Waals surface area contributed by atoms with Gasteiger partial charge in [0.2, 0.25) is 0 Å². The van der Waals surface area contributed by atoms with Crippen LogP contribution in [0.1, 0.15) is 41.9 Å². The van der Waals surface area contributed by atoms with Crippen LogP contribution < -0.4 is 15.4 Å². The molecule has 162 valence electrons. The molecule has 1 unspecified atom stereocenters. The Bertz CT molecular complexity index is 816. The Balaban J connectivity index is 0.00000420. The monoisotopic (exact) mass is 513 g/mol. The molecule has 0 amide bonds. The minimum absolute atomic E-state index is 0. The zero-order valence-electron chi connectivity index (χ0n) is 18.8. The molecule has 0 bridgehead atoms. The number of hydrogen-bond donors (Lipinski definition) is 2. The van der Waals surface area contributed by atoms with Crippen LogP contribution in [0.2, 0.25) is 0 Å². The van der Waals surface area contributed by atoms with Crippen molar-refractivity contribution >= 4 is 29.9 Å². The third-order valence-corrected chi connectivity index (χ3v) is 5.04. The first-order valence-corrected chi connectivity index (χ1v) is 10.0. The fourth-order valence-electron chi connectivity index (χ4n) is 3.34. The van der Waals surface area contributed by atoms with Crippen molar-refractivity contribution in [3.8, 4) is 5.75 Å². The Kier molecular flexibility index (Phi) is 10.5. The highest BCUT2D eigenvalue weighted by Gasteiger charge is 2.14. The van der Waals surface area contributed by atoms with Crippen molar-refractivity contribution < 1.29 is 4.74 Å². The van der Waals surface area contributed by atoms with Crippen molar-refractivity contribution in [3.05, 3.63) is 46.3 Å². The number of benzene rings is 1. The quantitative estimate of drug-likeness (QED) is 0.321. The molecule has 1 heterocycles. The first kappa shape index (κ1) is 25.3. The summed E-state index contributed by atoms with van der Waals surface area (Å²) >= 11 is 0. The fourth-order valence-corrected chi connectivity index (χ4v) is 3.34. The summed E-state index contributed by atoms with van der Waals surface area (Å²) in [7, 11) is 3.71. The van der Waals surface area contributed by atoms with Gasteiger partial charge in [0.1, 0.15) is 5.75 Å². The zero-order valence-corrected chi connectivity index (χ0v) is 21.1. The second-order valence-corrected chi connectivity index (χ2v) is 7.34. The van der Waals surface area contributed by atoms with Gasteiger partial charge in [-0.3, -0.25) is 9.67 Å². The van der Waals surface area contributed by atoms with Gasteiger partial charge >= 0.3 is 0 Å². The molecule has 0 fully saturated rings. The first-order valence-electron chi connectivity index (χ1n) is 10.0. The maximum absolute atomic E-state index is 5.41. The van der Waals surface area contributed by atoms with Gasteiger partial charge < -0.3 is 15.4 Å². The van der Waals surface area contributed by atoms with Gasteiger partial charge in [-0.2, -0.15) is 5.10 Å². The van der Waals surface area contributed by atoms with E-state index in [1.807, 2.05) is 11.7 Å². The molecule has 2 rings (SSSR count). The molecule has 0 aliphatic heterocycles. The second-order valence-electron chi connectivity index (χ2n) is 7.34. The van der Waals surface area contributed by atoms with Crippen LogP contribution in [0.15, 0.2) is 23.2 Å². The normalized spacial score (nSPS) is 12.3. The standard InChI is InChI=1S/C22H35N5O.HI/c1-8-23-22(24-12-11-19-10-9-15(2)21(14-19)28-7)25-16(3)13-20-17(4)26-27(6)18(20)5;/h9-10,14,16H,8,11-13H2,1-7H3,(H2,23,24,25);1H. The molecule has 29 heavy (non-hydrogen) atoms. The minimum atomic E-state index is 0. The summed E-state index contributed by atoms with van der Waals surface area (Å²) in [5, 5.41) is 11.4. The molecule has 6 nitrogen and oxygen atoms in total. The van der Waals surface area contributed by atoms with Crippen molar-refractivity contribution in [2.45, 2.75) is 53.5 Å². The molecule has 0 spiro atoms. The first-order chi connectivity index (χ1) is 13.3. The van der Waals surface area contributed by atoms with Crippen LogP contribution >= 0.6 is 24.0 Å². The molecular weight excluding hydrogens is 477 g/mol. The van der Waals surface area contributed by atoms with Gasteiger partial charge in [0, 0.05) is 31.9 Å². The number of nitrogens with one attached hydrogen (secondary N) is 2. The van der Waals surface area contributed by atoms with E-state index in [-0.39, 0.29) is 30.0 Å². The summed E-state index contributed by atoms with van der Waals surface area (Å²) in [5.74, 6) is 1.79. The summed E-state index contributed by atoms with van der Waals surface area (Å²) < 4.78 is 7.37. The average molecular weight is 513 g/mol. The van der Waals surface area contributed by atoms with E-state index in [0.29, 0.717) is 0 Å². The Morgan fingerprint density at radius 1 is 1.28 bits per heavy atom. The number of methoxy groups -OCH3 is 1. The Morgan fingerprint density at radius 2 is 2.00 bits per heavy atom. The summed E-state index contributed by atoms with van der Waals surface area (Å²) in [6.07, 6.45) is 1.80. The van der Waals surface area contributed by atoms with Gasteiger partial charge in [0.25, 0.3) is 0 Å². The Labute approximate surface area is 192 Å². The highest BCUT2D eigenvalue weighted by Crippen LogP contribution is 2.19. The summed E-state index contributed by atoms with van der Waals surface area (Å²) in [6.45, 7) is 12.1. The number of aromatic nitrogens is 2. The van der Waals surface area contributed by atoms with Crippen molar-refractivity contribution in [1.82, 2.24) is 20.4 Å². The number of hydrogen-bond acceptors (Lipinski definition) is 3. The molecule has 7 heteroatoms. The third kappa shape index (κ3) is 7.21. The molecule has 0 radical (unpaired) electrons. The maximum atomic E-state index is 5.41. The van der Waals surface area contributed by atoms with Gasteiger partial charge in [-0.1, -0.05) is 12.1 Å². The van der Waals surface area contributed by atoms with Crippen LogP contribution in [-0.2, 0) is 19.9 Å². The lowest BCUT2D eigenvalue weighted by atomic mass is 10.1. The van der Waals surface area contributed by atoms with Crippen molar-refractivity contribution in [1.29, 1.82) is 0 Å². The molecule has 1 atom stereocenters. The predicted octanol–water partition coefficient (Wildman–Crippen LogP) is 3.70. The second kappa shape index (κ2) is 12.0. The lowest BCUT2D eigenvalue weighted by Crippen LogP contribution is -2.43. The smallest absolute Gasteiger partial charge is 0.191 e. The van der Waals surface area contributed by atoms with Crippen molar-refractivity contribution in [2.75, 3.05) is 20.2 Å². The number of aryl methyl sites for hydroxylation is 3. The molecule has 0 aliphatic carbocycles. The number of aliphatic imine (C=N–C) groups is 1. The number of rotatable bonds is 8. The topological polar surface area (TPSA) is 63.5 Å².